The van der Waals surface area contributed by atoms with Crippen LogP contribution in [0.25, 0.3) is 11.3 Å². The Morgan fingerprint density at radius 1 is 1.25 bits per heavy atom. The minimum atomic E-state index is -0.362. The Morgan fingerprint density at radius 3 is 2.71 bits per heavy atom. The van der Waals surface area contributed by atoms with Crippen molar-refractivity contribution in [2.45, 2.75) is 6.42 Å². The molecule has 28 heavy (non-hydrogen) atoms. The number of amides is 1. The normalized spacial score (nSPS) is 10.6. The number of carbonyl (C=O) groups excluding carboxylic acids is 1. The Balaban J connectivity index is 1.57. The minimum absolute atomic E-state index is 0.338. The number of H-pyrrole nitrogens is 1. The molecule has 2 aromatic carbocycles. The molecule has 3 rings (SSSR count). The predicted molar refractivity (Wildman–Crippen MR) is 109 cm³/mol. The Bertz CT molecular complexity index is 986. The molecule has 7 heteroatoms. The van der Waals surface area contributed by atoms with E-state index in [0.29, 0.717) is 24.4 Å². The van der Waals surface area contributed by atoms with Gasteiger partial charge in [-0.2, -0.15) is 15.5 Å². The first-order chi connectivity index (χ1) is 13.7. The molecule has 0 saturated heterocycles. The fourth-order valence-corrected chi connectivity index (χ4v) is 2.58. The highest BCUT2D eigenvalue weighted by Gasteiger charge is 2.10. The summed E-state index contributed by atoms with van der Waals surface area (Å²) in [7, 11) is 1.94. The van der Waals surface area contributed by atoms with Crippen LogP contribution in [0, 0.1) is 11.3 Å². The number of nitrogens with one attached hydrogen (secondary N) is 2. The second kappa shape index (κ2) is 9.14. The van der Waals surface area contributed by atoms with E-state index < -0.39 is 0 Å². The first-order valence-electron chi connectivity index (χ1n) is 8.80. The van der Waals surface area contributed by atoms with Gasteiger partial charge in [0.15, 0.2) is 0 Å². The van der Waals surface area contributed by atoms with Gasteiger partial charge in [-0.1, -0.05) is 42.5 Å². The third-order valence-corrected chi connectivity index (χ3v) is 4.16. The van der Waals surface area contributed by atoms with Crippen LogP contribution in [0.4, 0.5) is 5.69 Å². The Kier molecular flexibility index (Phi) is 6.16. The summed E-state index contributed by atoms with van der Waals surface area (Å²) >= 11 is 0. The maximum absolute atomic E-state index is 12.2. The maximum atomic E-state index is 12.2. The number of nitrogens with zero attached hydrogens (tertiary/aromatic N) is 4. The number of hydrogen-bond acceptors (Lipinski definition) is 5. The number of benzene rings is 2. The largest absolute Gasteiger partial charge is 0.374 e. The molecule has 0 aliphatic heterocycles. The van der Waals surface area contributed by atoms with Gasteiger partial charge in [0.1, 0.15) is 5.69 Å². The predicted octanol–water partition coefficient (Wildman–Crippen LogP) is 3.19. The minimum Gasteiger partial charge on any atom is -0.374 e. The molecule has 3 aromatic rings. The number of carbonyl (C=O) groups is 1. The topological polar surface area (TPSA) is 97.2 Å². The van der Waals surface area contributed by atoms with E-state index in [1.165, 1.54) is 0 Å². The van der Waals surface area contributed by atoms with Gasteiger partial charge in [0.2, 0.25) is 0 Å². The lowest BCUT2D eigenvalue weighted by Crippen LogP contribution is -2.18. The van der Waals surface area contributed by atoms with E-state index in [-0.39, 0.29) is 5.91 Å². The Labute approximate surface area is 163 Å². The van der Waals surface area contributed by atoms with Crippen molar-refractivity contribution in [2.24, 2.45) is 5.10 Å². The maximum Gasteiger partial charge on any atom is 0.289 e. The monoisotopic (exact) mass is 372 g/mol. The SMILES string of the molecule is CN(CCC#N)c1ccc(/C=N\NC(=O)c2cc(-c3ccccc3)n[nH]2)cc1. The summed E-state index contributed by atoms with van der Waals surface area (Å²) in [5.41, 5.74) is 6.33. The molecule has 0 aliphatic rings. The lowest BCUT2D eigenvalue weighted by atomic mass is 10.1. The summed E-state index contributed by atoms with van der Waals surface area (Å²) in [6.45, 7) is 0.676. The second-order valence-electron chi connectivity index (χ2n) is 6.15. The van der Waals surface area contributed by atoms with E-state index in [4.69, 9.17) is 5.26 Å². The van der Waals surface area contributed by atoms with Crippen molar-refractivity contribution in [2.75, 3.05) is 18.5 Å². The number of aromatic nitrogens is 2. The lowest BCUT2D eigenvalue weighted by molar-refractivity contribution is 0.0950. The van der Waals surface area contributed by atoms with E-state index in [9.17, 15) is 4.79 Å². The summed E-state index contributed by atoms with van der Waals surface area (Å²) in [6, 6.07) is 21.1. The molecule has 140 valence electrons. The molecule has 0 unspecified atom stereocenters. The highest BCUT2D eigenvalue weighted by Crippen LogP contribution is 2.17. The third-order valence-electron chi connectivity index (χ3n) is 4.16. The average molecular weight is 372 g/mol. The molecule has 0 aliphatic carbocycles. The molecule has 0 saturated carbocycles. The quantitative estimate of drug-likeness (QED) is 0.492. The van der Waals surface area contributed by atoms with Gasteiger partial charge < -0.3 is 4.90 Å². The van der Waals surface area contributed by atoms with E-state index in [1.54, 1.807) is 12.3 Å². The van der Waals surface area contributed by atoms with Gasteiger partial charge in [-0.05, 0) is 23.8 Å². The number of aromatic amines is 1. The molecule has 1 amide bonds. The first kappa shape index (κ1) is 18.9. The lowest BCUT2D eigenvalue weighted by Gasteiger charge is -2.17. The molecule has 7 nitrogen and oxygen atoms in total. The van der Waals surface area contributed by atoms with Crippen LogP contribution in [0.1, 0.15) is 22.5 Å². The highest BCUT2D eigenvalue weighted by atomic mass is 16.2. The zero-order valence-electron chi connectivity index (χ0n) is 15.5. The van der Waals surface area contributed by atoms with Gasteiger partial charge in [0.25, 0.3) is 5.91 Å². The Morgan fingerprint density at radius 2 is 2.00 bits per heavy atom. The van der Waals surface area contributed by atoms with Crippen LogP contribution >= 0.6 is 0 Å². The van der Waals surface area contributed by atoms with E-state index >= 15 is 0 Å². The van der Waals surface area contributed by atoms with E-state index in [0.717, 1.165) is 16.8 Å². The van der Waals surface area contributed by atoms with Gasteiger partial charge in [-0.15, -0.1) is 0 Å². The van der Waals surface area contributed by atoms with Crippen molar-refractivity contribution >= 4 is 17.8 Å². The number of hydrogen-bond donors (Lipinski definition) is 2. The molecular weight excluding hydrogens is 352 g/mol. The van der Waals surface area contributed by atoms with Crippen LogP contribution in [-0.4, -0.2) is 35.9 Å². The van der Waals surface area contributed by atoms with E-state index in [2.05, 4.69) is 26.8 Å². The van der Waals surface area contributed by atoms with Crippen molar-refractivity contribution in [1.82, 2.24) is 15.6 Å². The average Bonchev–Trinajstić information content (AvgIpc) is 3.23. The third kappa shape index (κ3) is 4.83. The molecule has 0 bridgehead atoms. The van der Waals surface area contributed by atoms with Crippen LogP contribution in [0.2, 0.25) is 0 Å². The number of anilines is 1. The summed E-state index contributed by atoms with van der Waals surface area (Å²) in [4.78, 5) is 14.2. The van der Waals surface area contributed by atoms with Crippen LogP contribution in [0.15, 0.2) is 65.8 Å². The number of nitriles is 1. The molecule has 1 heterocycles. The fraction of sp³-hybridized carbons (Fsp3) is 0.143. The molecular formula is C21H20N6O. The van der Waals surface area contributed by atoms with Crippen LogP contribution in [-0.2, 0) is 0 Å². The first-order valence-corrected chi connectivity index (χ1v) is 8.80. The van der Waals surface area contributed by atoms with Crippen LogP contribution < -0.4 is 10.3 Å². The molecule has 0 fully saturated rings. The molecule has 0 spiro atoms. The van der Waals surface area contributed by atoms with Gasteiger partial charge in [0.05, 0.1) is 24.4 Å². The Hall–Kier alpha value is -3.92. The van der Waals surface area contributed by atoms with Crippen molar-refractivity contribution in [3.8, 4) is 17.3 Å². The van der Waals surface area contributed by atoms with Gasteiger partial charge >= 0.3 is 0 Å². The molecule has 2 N–H and O–H groups in total. The summed E-state index contributed by atoms with van der Waals surface area (Å²) in [6.07, 6.45) is 2.05. The van der Waals surface area contributed by atoms with E-state index in [1.807, 2.05) is 66.5 Å². The van der Waals surface area contributed by atoms with Crippen molar-refractivity contribution in [3.05, 3.63) is 71.9 Å². The van der Waals surface area contributed by atoms with Crippen molar-refractivity contribution in [3.63, 3.8) is 0 Å². The molecule has 0 radical (unpaired) electrons. The molecule has 1 aromatic heterocycles. The summed E-state index contributed by atoms with van der Waals surface area (Å²) < 4.78 is 0. The zero-order chi connectivity index (χ0) is 19.8. The van der Waals surface area contributed by atoms with Crippen LogP contribution in [0.3, 0.4) is 0 Å². The second-order valence-corrected chi connectivity index (χ2v) is 6.15. The van der Waals surface area contributed by atoms with Crippen molar-refractivity contribution < 1.29 is 4.79 Å². The smallest absolute Gasteiger partial charge is 0.289 e. The zero-order valence-corrected chi connectivity index (χ0v) is 15.5. The summed E-state index contributed by atoms with van der Waals surface area (Å²) in [5.74, 6) is -0.362. The fourth-order valence-electron chi connectivity index (χ4n) is 2.58. The number of hydrazone groups is 1. The van der Waals surface area contributed by atoms with Crippen LogP contribution in [0.5, 0.6) is 0 Å². The highest BCUT2D eigenvalue weighted by molar-refractivity contribution is 5.94. The standard InChI is InChI=1S/C21H20N6O/c1-27(13-5-12-22)18-10-8-16(9-11-18)15-23-26-21(28)20-14-19(24-25-20)17-6-3-2-4-7-17/h2-4,6-11,14-15H,5,13H2,1H3,(H,24,25)(H,26,28)/b23-15-. The van der Waals surface area contributed by atoms with Crippen molar-refractivity contribution in [1.29, 1.82) is 5.26 Å². The van der Waals surface area contributed by atoms with Gasteiger partial charge in [-0.25, -0.2) is 5.43 Å². The van der Waals surface area contributed by atoms with Gasteiger partial charge in [0, 0.05) is 24.8 Å². The number of rotatable bonds is 7. The summed E-state index contributed by atoms with van der Waals surface area (Å²) in [5, 5.41) is 19.5. The molecule has 0 atom stereocenters. The van der Waals surface area contributed by atoms with Gasteiger partial charge in [-0.3, -0.25) is 9.89 Å².